The van der Waals surface area contributed by atoms with Gasteiger partial charge in [-0.25, -0.2) is 4.98 Å². The van der Waals surface area contributed by atoms with E-state index in [1.54, 1.807) is 0 Å². The Morgan fingerprint density at radius 2 is 1.95 bits per heavy atom. The molecule has 0 atom stereocenters. The van der Waals surface area contributed by atoms with Crippen molar-refractivity contribution in [2.75, 3.05) is 25.0 Å². The quantitative estimate of drug-likeness (QED) is 0.788. The van der Waals surface area contributed by atoms with E-state index in [0.29, 0.717) is 6.54 Å². The Morgan fingerprint density at radius 3 is 2.60 bits per heavy atom. The molecular weight excluding hydrogens is 250 g/mol. The number of rotatable bonds is 7. The van der Waals surface area contributed by atoms with Crippen molar-refractivity contribution < 1.29 is 4.42 Å². The average Bonchev–Trinajstić information content (AvgIpc) is 2.78. The van der Waals surface area contributed by atoms with Gasteiger partial charge in [0, 0.05) is 19.3 Å². The molecule has 0 unspecified atom stereocenters. The fraction of sp³-hybridized carbons (Fsp3) is 0.438. The standard InChI is InChI=1S/C16H23N3O/c1-13-14(2)20-16(18-13)12-17-10-7-11-19(3)15-8-5-4-6-9-15/h4-6,8-9,17H,7,10-12H2,1-3H3. The van der Waals surface area contributed by atoms with E-state index in [1.807, 2.05) is 19.9 Å². The zero-order chi connectivity index (χ0) is 14.4. The van der Waals surface area contributed by atoms with E-state index in [0.717, 1.165) is 36.9 Å². The number of nitrogens with zero attached hydrogens (tertiary/aromatic N) is 2. The lowest BCUT2D eigenvalue weighted by Crippen LogP contribution is -2.23. The molecule has 0 radical (unpaired) electrons. The summed E-state index contributed by atoms with van der Waals surface area (Å²) >= 11 is 0. The van der Waals surface area contributed by atoms with Crippen LogP contribution in [0.15, 0.2) is 34.7 Å². The highest BCUT2D eigenvalue weighted by Crippen LogP contribution is 2.11. The molecule has 0 fully saturated rings. The van der Waals surface area contributed by atoms with Gasteiger partial charge in [0.2, 0.25) is 5.89 Å². The third-order valence-corrected chi connectivity index (χ3v) is 3.39. The third kappa shape index (κ3) is 4.10. The number of hydrogen-bond donors (Lipinski definition) is 1. The Bertz CT molecular complexity index is 502. The van der Waals surface area contributed by atoms with Crippen molar-refractivity contribution in [2.45, 2.75) is 26.8 Å². The molecule has 0 amide bonds. The number of benzene rings is 1. The lowest BCUT2D eigenvalue weighted by molar-refractivity contribution is 0.448. The van der Waals surface area contributed by atoms with Gasteiger partial charge in [-0.05, 0) is 38.9 Å². The van der Waals surface area contributed by atoms with Crippen molar-refractivity contribution >= 4 is 5.69 Å². The number of nitrogens with one attached hydrogen (secondary N) is 1. The zero-order valence-electron chi connectivity index (χ0n) is 12.5. The molecule has 0 spiro atoms. The number of para-hydroxylation sites is 1. The predicted molar refractivity (Wildman–Crippen MR) is 82.0 cm³/mol. The molecule has 20 heavy (non-hydrogen) atoms. The molecule has 0 aliphatic heterocycles. The highest BCUT2D eigenvalue weighted by Gasteiger charge is 2.04. The topological polar surface area (TPSA) is 41.3 Å². The Labute approximate surface area is 120 Å². The van der Waals surface area contributed by atoms with E-state index >= 15 is 0 Å². The molecule has 0 bridgehead atoms. The van der Waals surface area contributed by atoms with E-state index in [-0.39, 0.29) is 0 Å². The Hall–Kier alpha value is -1.81. The summed E-state index contributed by atoms with van der Waals surface area (Å²) in [6.07, 6.45) is 1.09. The van der Waals surface area contributed by atoms with Crippen LogP contribution in [0.25, 0.3) is 0 Å². The van der Waals surface area contributed by atoms with E-state index in [9.17, 15) is 0 Å². The summed E-state index contributed by atoms with van der Waals surface area (Å²) in [5.41, 5.74) is 2.23. The molecule has 1 aromatic carbocycles. The minimum Gasteiger partial charge on any atom is -0.444 e. The van der Waals surface area contributed by atoms with E-state index in [2.05, 4.69) is 46.5 Å². The first-order valence-corrected chi connectivity index (χ1v) is 7.06. The van der Waals surface area contributed by atoms with Gasteiger partial charge in [-0.2, -0.15) is 0 Å². The molecule has 1 heterocycles. The minimum atomic E-state index is 0.698. The van der Waals surface area contributed by atoms with Crippen LogP contribution in [-0.4, -0.2) is 25.1 Å². The molecule has 0 aliphatic rings. The summed E-state index contributed by atoms with van der Waals surface area (Å²) in [5, 5.41) is 3.37. The van der Waals surface area contributed by atoms with Crippen LogP contribution in [0.4, 0.5) is 5.69 Å². The van der Waals surface area contributed by atoms with Crippen LogP contribution in [0.1, 0.15) is 23.8 Å². The van der Waals surface area contributed by atoms with Gasteiger partial charge in [0.05, 0.1) is 12.2 Å². The molecule has 0 saturated carbocycles. The van der Waals surface area contributed by atoms with Gasteiger partial charge in [-0.1, -0.05) is 18.2 Å². The highest BCUT2D eigenvalue weighted by atomic mass is 16.4. The number of aryl methyl sites for hydroxylation is 2. The molecular formula is C16H23N3O. The molecule has 4 heteroatoms. The van der Waals surface area contributed by atoms with Gasteiger partial charge in [0.25, 0.3) is 0 Å². The van der Waals surface area contributed by atoms with Crippen LogP contribution >= 0.6 is 0 Å². The lowest BCUT2D eigenvalue weighted by atomic mass is 10.3. The van der Waals surface area contributed by atoms with E-state index in [1.165, 1.54) is 5.69 Å². The number of oxazole rings is 1. The summed E-state index contributed by atoms with van der Waals surface area (Å²) in [6.45, 7) is 6.60. The molecule has 1 aromatic heterocycles. The Kier molecular flexibility index (Phi) is 5.18. The Balaban J connectivity index is 1.64. The van der Waals surface area contributed by atoms with Crippen molar-refractivity contribution in [1.82, 2.24) is 10.3 Å². The van der Waals surface area contributed by atoms with Gasteiger partial charge in [-0.3, -0.25) is 0 Å². The number of anilines is 1. The molecule has 4 nitrogen and oxygen atoms in total. The Morgan fingerprint density at radius 1 is 1.20 bits per heavy atom. The van der Waals surface area contributed by atoms with Crippen molar-refractivity contribution in [3.63, 3.8) is 0 Å². The first kappa shape index (κ1) is 14.6. The molecule has 2 rings (SSSR count). The number of hydrogen-bond acceptors (Lipinski definition) is 4. The van der Waals surface area contributed by atoms with Crippen LogP contribution in [0.2, 0.25) is 0 Å². The maximum atomic E-state index is 5.53. The molecule has 108 valence electrons. The third-order valence-electron chi connectivity index (χ3n) is 3.39. The predicted octanol–water partition coefficient (Wildman–Crippen LogP) is 2.91. The lowest BCUT2D eigenvalue weighted by Gasteiger charge is -2.19. The summed E-state index contributed by atoms with van der Waals surface area (Å²) in [5.74, 6) is 1.68. The van der Waals surface area contributed by atoms with Crippen LogP contribution in [0, 0.1) is 13.8 Å². The zero-order valence-corrected chi connectivity index (χ0v) is 12.5. The second-order valence-corrected chi connectivity index (χ2v) is 5.04. The van der Waals surface area contributed by atoms with Crippen molar-refractivity contribution in [1.29, 1.82) is 0 Å². The van der Waals surface area contributed by atoms with Gasteiger partial charge in [-0.15, -0.1) is 0 Å². The molecule has 0 saturated heterocycles. The average molecular weight is 273 g/mol. The van der Waals surface area contributed by atoms with Gasteiger partial charge < -0.3 is 14.6 Å². The van der Waals surface area contributed by atoms with E-state index < -0.39 is 0 Å². The molecule has 1 N–H and O–H groups in total. The van der Waals surface area contributed by atoms with Crippen LogP contribution in [-0.2, 0) is 6.54 Å². The largest absolute Gasteiger partial charge is 0.444 e. The van der Waals surface area contributed by atoms with Gasteiger partial charge in [0.1, 0.15) is 5.76 Å². The summed E-state index contributed by atoms with van der Waals surface area (Å²) < 4.78 is 5.53. The molecule has 2 aromatic rings. The SMILES string of the molecule is Cc1nc(CNCCCN(C)c2ccccc2)oc1C. The fourth-order valence-electron chi connectivity index (χ4n) is 2.06. The van der Waals surface area contributed by atoms with E-state index in [4.69, 9.17) is 4.42 Å². The summed E-state index contributed by atoms with van der Waals surface area (Å²) in [4.78, 5) is 6.62. The number of aromatic nitrogens is 1. The fourth-order valence-corrected chi connectivity index (χ4v) is 2.06. The van der Waals surface area contributed by atoms with Crippen LogP contribution < -0.4 is 10.2 Å². The smallest absolute Gasteiger partial charge is 0.208 e. The van der Waals surface area contributed by atoms with Crippen LogP contribution in [0.5, 0.6) is 0 Å². The summed E-state index contributed by atoms with van der Waals surface area (Å²) in [6, 6.07) is 10.4. The van der Waals surface area contributed by atoms with Gasteiger partial charge in [0.15, 0.2) is 0 Å². The maximum absolute atomic E-state index is 5.53. The minimum absolute atomic E-state index is 0.698. The monoisotopic (exact) mass is 273 g/mol. The first-order chi connectivity index (χ1) is 9.66. The highest BCUT2D eigenvalue weighted by molar-refractivity contribution is 5.44. The van der Waals surface area contributed by atoms with Gasteiger partial charge >= 0.3 is 0 Å². The second-order valence-electron chi connectivity index (χ2n) is 5.04. The van der Waals surface area contributed by atoms with Crippen molar-refractivity contribution in [2.24, 2.45) is 0 Å². The summed E-state index contributed by atoms with van der Waals surface area (Å²) in [7, 11) is 2.12. The van der Waals surface area contributed by atoms with Crippen molar-refractivity contribution in [3.05, 3.63) is 47.7 Å². The maximum Gasteiger partial charge on any atom is 0.208 e. The first-order valence-electron chi connectivity index (χ1n) is 7.06. The van der Waals surface area contributed by atoms with Crippen molar-refractivity contribution in [3.8, 4) is 0 Å². The van der Waals surface area contributed by atoms with Crippen LogP contribution in [0.3, 0.4) is 0 Å². The molecule has 0 aliphatic carbocycles. The normalized spacial score (nSPS) is 10.8. The second kappa shape index (κ2) is 7.10.